The van der Waals surface area contributed by atoms with Gasteiger partial charge < -0.3 is 15.4 Å². The first kappa shape index (κ1) is 17.3. The highest BCUT2D eigenvalue weighted by atomic mass is 19.1. The zero-order chi connectivity index (χ0) is 17.1. The van der Waals surface area contributed by atoms with Crippen molar-refractivity contribution in [2.45, 2.75) is 37.6 Å². The number of piperidine rings is 1. The van der Waals surface area contributed by atoms with E-state index in [9.17, 15) is 9.18 Å². The van der Waals surface area contributed by atoms with Crippen LogP contribution in [0.2, 0.25) is 0 Å². The van der Waals surface area contributed by atoms with Crippen molar-refractivity contribution in [2.24, 2.45) is 5.92 Å². The van der Waals surface area contributed by atoms with Crippen LogP contribution in [0.5, 0.6) is 0 Å². The number of halogens is 1. The lowest BCUT2D eigenvalue weighted by Gasteiger charge is -2.29. The van der Waals surface area contributed by atoms with E-state index in [4.69, 9.17) is 4.74 Å². The van der Waals surface area contributed by atoms with Gasteiger partial charge in [-0.05, 0) is 26.0 Å². The number of fused-ring (bicyclic) bond motifs is 1. The van der Waals surface area contributed by atoms with Gasteiger partial charge in [0.2, 0.25) is 5.91 Å². The van der Waals surface area contributed by atoms with E-state index < -0.39 is 6.10 Å². The third-order valence-electron chi connectivity index (χ3n) is 4.95. The molecule has 5 atom stereocenters. The average Bonchev–Trinajstić information content (AvgIpc) is 3.01. The largest absolute Gasteiger partial charge is 0.375 e. The molecule has 0 aromatic heterocycles. The lowest BCUT2D eigenvalue weighted by Crippen LogP contribution is -2.52. The highest BCUT2D eigenvalue weighted by molar-refractivity contribution is 5.83. The summed E-state index contributed by atoms with van der Waals surface area (Å²) in [6.45, 7) is 3.59. The number of nitrogens with one attached hydrogen (secondary N) is 4. The molecule has 0 saturated carbocycles. The standard InChI is InChI=1S/C17H25FN4O2/c1-10(16(24-2)11-5-3-4-6-13(11)18)20-17(23)15-12-9-19-8-7-14(12)21-22-15/h3-6,10,12,14-16,19,21-22H,7-9H2,1-2H3,(H,20,23). The number of methoxy groups -OCH3 is 1. The van der Waals surface area contributed by atoms with Crippen molar-refractivity contribution in [2.75, 3.05) is 20.2 Å². The number of ether oxygens (including phenoxy) is 1. The number of hydrogen-bond donors (Lipinski definition) is 4. The fraction of sp³-hybridized carbons (Fsp3) is 0.588. The van der Waals surface area contributed by atoms with Crippen molar-refractivity contribution in [3.63, 3.8) is 0 Å². The molecule has 1 aromatic rings. The highest BCUT2D eigenvalue weighted by Gasteiger charge is 2.41. The maximum Gasteiger partial charge on any atom is 0.239 e. The van der Waals surface area contributed by atoms with E-state index in [2.05, 4.69) is 21.5 Å². The maximum absolute atomic E-state index is 14.0. The number of carbonyl (C=O) groups excluding carboxylic acids is 1. The fourth-order valence-electron chi connectivity index (χ4n) is 3.67. The molecule has 2 saturated heterocycles. The highest BCUT2D eigenvalue weighted by Crippen LogP contribution is 2.24. The number of benzene rings is 1. The number of carbonyl (C=O) groups is 1. The van der Waals surface area contributed by atoms with Gasteiger partial charge in [-0.15, -0.1) is 0 Å². The Labute approximate surface area is 141 Å². The molecule has 24 heavy (non-hydrogen) atoms. The first-order chi connectivity index (χ1) is 11.6. The Morgan fingerprint density at radius 2 is 2.17 bits per heavy atom. The lowest BCUT2D eigenvalue weighted by molar-refractivity contribution is -0.125. The summed E-state index contributed by atoms with van der Waals surface area (Å²) in [6.07, 6.45) is 0.456. The molecule has 1 aromatic carbocycles. The summed E-state index contributed by atoms with van der Waals surface area (Å²) in [7, 11) is 1.52. The summed E-state index contributed by atoms with van der Waals surface area (Å²) in [5.74, 6) is -0.215. The second-order valence-electron chi connectivity index (χ2n) is 6.50. The molecule has 1 amide bonds. The van der Waals surface area contributed by atoms with Crippen LogP contribution in [0.1, 0.15) is 25.0 Å². The second kappa shape index (κ2) is 7.57. The van der Waals surface area contributed by atoms with Gasteiger partial charge in [0, 0.05) is 31.2 Å². The molecule has 7 heteroatoms. The number of amides is 1. The van der Waals surface area contributed by atoms with E-state index in [-0.39, 0.29) is 29.7 Å². The first-order valence-corrected chi connectivity index (χ1v) is 8.41. The van der Waals surface area contributed by atoms with Gasteiger partial charge in [0.15, 0.2) is 0 Å². The molecule has 6 nitrogen and oxygen atoms in total. The summed E-state index contributed by atoms with van der Waals surface area (Å²) >= 11 is 0. The van der Waals surface area contributed by atoms with E-state index in [1.54, 1.807) is 18.2 Å². The zero-order valence-electron chi connectivity index (χ0n) is 14.0. The quantitative estimate of drug-likeness (QED) is 0.629. The predicted molar refractivity (Wildman–Crippen MR) is 88.6 cm³/mol. The van der Waals surface area contributed by atoms with Gasteiger partial charge in [0.25, 0.3) is 0 Å². The lowest BCUT2D eigenvalue weighted by atomic mass is 9.89. The number of rotatable bonds is 5. The minimum absolute atomic E-state index is 0.0930. The molecule has 0 aliphatic carbocycles. The van der Waals surface area contributed by atoms with Gasteiger partial charge in [-0.2, -0.15) is 0 Å². The topological polar surface area (TPSA) is 74.4 Å². The van der Waals surface area contributed by atoms with Gasteiger partial charge in [0.1, 0.15) is 18.0 Å². The second-order valence-corrected chi connectivity index (χ2v) is 6.50. The maximum atomic E-state index is 14.0. The van der Waals surface area contributed by atoms with Crippen LogP contribution < -0.4 is 21.5 Å². The Balaban J connectivity index is 1.66. The zero-order valence-corrected chi connectivity index (χ0v) is 14.0. The molecule has 132 valence electrons. The van der Waals surface area contributed by atoms with Crippen molar-refractivity contribution in [3.05, 3.63) is 35.6 Å². The van der Waals surface area contributed by atoms with E-state index in [0.29, 0.717) is 11.6 Å². The molecule has 3 rings (SSSR count). The van der Waals surface area contributed by atoms with Crippen LogP contribution in [0.15, 0.2) is 24.3 Å². The molecule has 2 aliphatic heterocycles. The normalized spacial score (nSPS) is 28.9. The third-order valence-corrected chi connectivity index (χ3v) is 4.95. The molecular weight excluding hydrogens is 311 g/mol. The van der Waals surface area contributed by atoms with E-state index >= 15 is 0 Å². The SMILES string of the molecule is COC(c1ccccc1F)C(C)NC(=O)C1NNC2CCNCC21. The molecule has 4 N–H and O–H groups in total. The Hall–Kier alpha value is -1.54. The van der Waals surface area contributed by atoms with Crippen molar-refractivity contribution < 1.29 is 13.9 Å². The Kier molecular flexibility index (Phi) is 5.45. The number of hydrazine groups is 1. The van der Waals surface area contributed by atoms with Crippen LogP contribution in [0.3, 0.4) is 0 Å². The molecule has 2 fully saturated rings. The molecule has 2 heterocycles. The van der Waals surface area contributed by atoms with Crippen molar-refractivity contribution >= 4 is 5.91 Å². The number of hydrogen-bond acceptors (Lipinski definition) is 5. The van der Waals surface area contributed by atoms with E-state index in [1.807, 2.05) is 6.92 Å². The minimum atomic E-state index is -0.537. The van der Waals surface area contributed by atoms with E-state index in [0.717, 1.165) is 19.5 Å². The fourth-order valence-corrected chi connectivity index (χ4v) is 3.67. The van der Waals surface area contributed by atoms with Gasteiger partial charge in [-0.1, -0.05) is 18.2 Å². The Morgan fingerprint density at radius 1 is 1.38 bits per heavy atom. The van der Waals surface area contributed by atoms with Crippen LogP contribution >= 0.6 is 0 Å². The van der Waals surface area contributed by atoms with Crippen LogP contribution in [0, 0.1) is 11.7 Å². The molecule has 0 bridgehead atoms. The summed E-state index contributed by atoms with van der Waals surface area (Å²) in [5.41, 5.74) is 6.75. The molecule has 5 unspecified atom stereocenters. The predicted octanol–water partition coefficient (Wildman–Crippen LogP) is 0.472. The van der Waals surface area contributed by atoms with Gasteiger partial charge in [-0.25, -0.2) is 9.82 Å². The molecule has 0 radical (unpaired) electrons. The summed E-state index contributed by atoms with van der Waals surface area (Å²) < 4.78 is 19.5. The summed E-state index contributed by atoms with van der Waals surface area (Å²) in [6, 6.07) is 6.14. The van der Waals surface area contributed by atoms with Crippen LogP contribution in [0.4, 0.5) is 4.39 Å². The van der Waals surface area contributed by atoms with Gasteiger partial charge in [-0.3, -0.25) is 10.2 Å². The van der Waals surface area contributed by atoms with Crippen molar-refractivity contribution in [1.29, 1.82) is 0 Å². The first-order valence-electron chi connectivity index (χ1n) is 8.41. The monoisotopic (exact) mass is 336 g/mol. The molecule has 2 aliphatic rings. The van der Waals surface area contributed by atoms with Crippen LogP contribution in [-0.2, 0) is 9.53 Å². The minimum Gasteiger partial charge on any atom is -0.375 e. The van der Waals surface area contributed by atoms with Crippen molar-refractivity contribution in [1.82, 2.24) is 21.5 Å². The third kappa shape index (κ3) is 3.44. The molecular formula is C17H25FN4O2. The van der Waals surface area contributed by atoms with Crippen molar-refractivity contribution in [3.8, 4) is 0 Å². The smallest absolute Gasteiger partial charge is 0.239 e. The Morgan fingerprint density at radius 3 is 2.92 bits per heavy atom. The summed E-state index contributed by atoms with van der Waals surface area (Å²) in [5, 5.41) is 6.30. The molecule has 0 spiro atoms. The Bertz CT molecular complexity index is 585. The summed E-state index contributed by atoms with van der Waals surface area (Å²) in [4.78, 5) is 12.7. The van der Waals surface area contributed by atoms with Crippen LogP contribution in [-0.4, -0.2) is 44.2 Å². The van der Waals surface area contributed by atoms with Gasteiger partial charge in [0.05, 0.1) is 6.04 Å². The van der Waals surface area contributed by atoms with Crippen LogP contribution in [0.25, 0.3) is 0 Å². The van der Waals surface area contributed by atoms with Gasteiger partial charge >= 0.3 is 0 Å². The van der Waals surface area contributed by atoms with E-state index in [1.165, 1.54) is 13.2 Å². The average molecular weight is 336 g/mol.